The minimum absolute atomic E-state index is 0.0406. The monoisotopic (exact) mass is 391 g/mol. The maximum Gasteiger partial charge on any atom is 0.320 e. The van der Waals surface area contributed by atoms with E-state index in [1.165, 1.54) is 32.1 Å². The van der Waals surface area contributed by atoms with Crippen LogP contribution in [0.4, 0.5) is 0 Å². The summed E-state index contributed by atoms with van der Waals surface area (Å²) in [6.07, 6.45) is 14.6. The zero-order chi connectivity index (χ0) is 19.9. The van der Waals surface area contributed by atoms with Crippen LogP contribution in [-0.4, -0.2) is 56.5 Å². The number of carboxylic acid groups (broad SMARTS) is 1. The number of aliphatic carboxylic acids is 1. The van der Waals surface area contributed by atoms with Gasteiger partial charge >= 0.3 is 5.97 Å². The summed E-state index contributed by atoms with van der Waals surface area (Å²) in [4.78, 5) is 13.9. The van der Waals surface area contributed by atoms with Gasteiger partial charge in [-0.05, 0) is 62.7 Å². The average Bonchev–Trinajstić information content (AvgIpc) is 3.14. The minimum Gasteiger partial charge on any atom is -0.480 e. The van der Waals surface area contributed by atoms with Gasteiger partial charge in [-0.1, -0.05) is 38.3 Å². The number of piperidine rings is 1. The Bertz CT molecular complexity index is 599. The van der Waals surface area contributed by atoms with Gasteiger partial charge in [0.25, 0.3) is 0 Å². The summed E-state index contributed by atoms with van der Waals surface area (Å²) < 4.78 is 0. The minimum atomic E-state index is -0.713. The van der Waals surface area contributed by atoms with Crippen molar-refractivity contribution in [3.8, 4) is 0 Å². The van der Waals surface area contributed by atoms with E-state index in [0.29, 0.717) is 18.4 Å². The highest BCUT2D eigenvalue weighted by molar-refractivity contribution is 5.73. The largest absolute Gasteiger partial charge is 0.480 e. The molecule has 5 heteroatoms. The van der Waals surface area contributed by atoms with Gasteiger partial charge in [-0.25, -0.2) is 0 Å². The summed E-state index contributed by atoms with van der Waals surface area (Å²) in [6.45, 7) is 2.30. The van der Waals surface area contributed by atoms with E-state index in [-0.39, 0.29) is 23.4 Å². The quantitative estimate of drug-likeness (QED) is 0.626. The van der Waals surface area contributed by atoms with Gasteiger partial charge in [0, 0.05) is 18.0 Å². The summed E-state index contributed by atoms with van der Waals surface area (Å²) in [5, 5.41) is 30.9. The molecule has 4 aliphatic rings. The van der Waals surface area contributed by atoms with Crippen molar-refractivity contribution < 1.29 is 20.1 Å². The standard InChI is InChI=1S/C23H37NO4/c1-23(10-3-2-4-11-23)14-16(25)8-9-17-18-12-15-6-5-7-19(22(27)28)24(15)20(18)13-21(17)26/h8-9,15-21,25-26H,2-7,10-14H2,1H3,(H,27,28)/t15?,16-,17+,18+,19?,20+,21+/m0/s1. The van der Waals surface area contributed by atoms with Crippen molar-refractivity contribution >= 4 is 5.97 Å². The van der Waals surface area contributed by atoms with Gasteiger partial charge in [0.2, 0.25) is 0 Å². The smallest absolute Gasteiger partial charge is 0.320 e. The lowest BCUT2D eigenvalue weighted by Crippen LogP contribution is -2.51. The predicted octanol–water partition coefficient (Wildman–Crippen LogP) is 3.34. The fourth-order valence-corrected chi connectivity index (χ4v) is 6.89. The molecule has 0 amide bonds. The van der Waals surface area contributed by atoms with Crippen molar-refractivity contribution in [2.45, 2.75) is 108 Å². The molecule has 0 bridgehead atoms. The van der Waals surface area contributed by atoms with Gasteiger partial charge in [-0.3, -0.25) is 9.69 Å². The normalized spacial score (nSPS) is 41.7. The molecule has 0 aromatic heterocycles. The molecule has 2 heterocycles. The third-order valence-corrected chi connectivity index (χ3v) is 8.24. The zero-order valence-corrected chi connectivity index (χ0v) is 17.2. The van der Waals surface area contributed by atoms with Crippen LogP contribution >= 0.6 is 0 Å². The fraction of sp³-hybridized carbons (Fsp3) is 0.870. The lowest BCUT2D eigenvalue weighted by molar-refractivity contribution is -0.146. The van der Waals surface area contributed by atoms with E-state index >= 15 is 0 Å². The molecule has 7 atom stereocenters. The zero-order valence-electron chi connectivity index (χ0n) is 17.2. The Morgan fingerprint density at radius 1 is 1.18 bits per heavy atom. The first kappa shape index (κ1) is 20.4. The first-order valence-corrected chi connectivity index (χ1v) is 11.4. The molecule has 2 aliphatic carbocycles. The molecule has 2 saturated carbocycles. The molecular formula is C23H37NO4. The Kier molecular flexibility index (Phi) is 5.88. The molecule has 2 unspecified atom stereocenters. The molecule has 0 aromatic rings. The second-order valence-electron chi connectivity index (χ2n) is 10.3. The van der Waals surface area contributed by atoms with Crippen molar-refractivity contribution in [2.75, 3.05) is 0 Å². The van der Waals surface area contributed by atoms with Crippen molar-refractivity contribution in [1.82, 2.24) is 4.90 Å². The van der Waals surface area contributed by atoms with E-state index in [0.717, 1.165) is 32.1 Å². The van der Waals surface area contributed by atoms with E-state index in [1.807, 2.05) is 6.08 Å². The summed E-state index contributed by atoms with van der Waals surface area (Å²) in [7, 11) is 0. The van der Waals surface area contributed by atoms with Crippen molar-refractivity contribution in [3.05, 3.63) is 12.2 Å². The number of hydrogen-bond acceptors (Lipinski definition) is 4. The van der Waals surface area contributed by atoms with Gasteiger partial charge < -0.3 is 15.3 Å². The second kappa shape index (κ2) is 8.08. The average molecular weight is 392 g/mol. The number of fused-ring (bicyclic) bond motifs is 3. The first-order chi connectivity index (χ1) is 13.4. The molecule has 28 heavy (non-hydrogen) atoms. The SMILES string of the molecule is CC1(C[C@@H](O)C=C[C@@H]2[C@H]3CC4CCCC(C(=O)O)N4[C@@H]3C[C@H]2O)CCCCC1. The Labute approximate surface area is 168 Å². The van der Waals surface area contributed by atoms with E-state index in [1.54, 1.807) is 0 Å². The molecule has 5 nitrogen and oxygen atoms in total. The summed E-state index contributed by atoms with van der Waals surface area (Å²) in [6, 6.07) is 0.129. The highest BCUT2D eigenvalue weighted by Crippen LogP contribution is 2.49. The number of carbonyl (C=O) groups is 1. The second-order valence-corrected chi connectivity index (χ2v) is 10.3. The Morgan fingerprint density at radius 2 is 1.93 bits per heavy atom. The number of carboxylic acids is 1. The third-order valence-electron chi connectivity index (χ3n) is 8.24. The number of rotatable bonds is 5. The number of hydrogen-bond donors (Lipinski definition) is 3. The third kappa shape index (κ3) is 3.90. The fourth-order valence-electron chi connectivity index (χ4n) is 6.89. The van der Waals surface area contributed by atoms with Crippen molar-refractivity contribution in [3.63, 3.8) is 0 Å². The summed E-state index contributed by atoms with van der Waals surface area (Å²) in [5.41, 5.74) is 0.238. The Hall–Kier alpha value is -0.910. The number of aliphatic hydroxyl groups excluding tert-OH is 2. The van der Waals surface area contributed by atoms with Crippen molar-refractivity contribution in [1.29, 1.82) is 0 Å². The van der Waals surface area contributed by atoms with Gasteiger partial charge in [0.05, 0.1) is 12.2 Å². The molecule has 2 aliphatic heterocycles. The van der Waals surface area contributed by atoms with Gasteiger partial charge in [-0.15, -0.1) is 0 Å². The van der Waals surface area contributed by atoms with E-state index in [4.69, 9.17) is 0 Å². The van der Waals surface area contributed by atoms with Crippen LogP contribution in [0.5, 0.6) is 0 Å². The highest BCUT2D eigenvalue weighted by atomic mass is 16.4. The van der Waals surface area contributed by atoms with Crippen molar-refractivity contribution in [2.24, 2.45) is 17.3 Å². The molecule has 3 N–H and O–H groups in total. The molecular weight excluding hydrogens is 354 g/mol. The summed E-state index contributed by atoms with van der Waals surface area (Å²) in [5.74, 6) is -0.359. The lowest BCUT2D eigenvalue weighted by atomic mass is 9.72. The van der Waals surface area contributed by atoms with Gasteiger partial charge in [0.15, 0.2) is 0 Å². The van der Waals surface area contributed by atoms with Gasteiger partial charge in [-0.2, -0.15) is 0 Å². The summed E-state index contributed by atoms with van der Waals surface area (Å²) >= 11 is 0. The van der Waals surface area contributed by atoms with Crippen LogP contribution in [0.2, 0.25) is 0 Å². The number of aliphatic hydroxyl groups is 2. The molecule has 0 radical (unpaired) electrons. The maximum atomic E-state index is 11.7. The molecule has 2 saturated heterocycles. The lowest BCUT2D eigenvalue weighted by Gasteiger charge is -2.38. The van der Waals surface area contributed by atoms with E-state index < -0.39 is 18.2 Å². The molecule has 4 fully saturated rings. The molecule has 158 valence electrons. The van der Waals surface area contributed by atoms with Crippen LogP contribution in [0.15, 0.2) is 12.2 Å². The van der Waals surface area contributed by atoms with Crippen LogP contribution in [0.1, 0.15) is 77.6 Å². The van der Waals surface area contributed by atoms with E-state index in [2.05, 4.69) is 17.9 Å². The van der Waals surface area contributed by atoms with Crippen LogP contribution in [0, 0.1) is 17.3 Å². The maximum absolute atomic E-state index is 11.7. The molecule has 4 rings (SSSR count). The van der Waals surface area contributed by atoms with E-state index in [9.17, 15) is 20.1 Å². The van der Waals surface area contributed by atoms with Crippen LogP contribution in [0.25, 0.3) is 0 Å². The highest BCUT2D eigenvalue weighted by Gasteiger charge is 2.55. The van der Waals surface area contributed by atoms with Crippen LogP contribution < -0.4 is 0 Å². The van der Waals surface area contributed by atoms with Crippen LogP contribution in [0.3, 0.4) is 0 Å². The molecule has 0 aromatic carbocycles. The Balaban J connectivity index is 1.41. The van der Waals surface area contributed by atoms with Gasteiger partial charge in [0.1, 0.15) is 6.04 Å². The first-order valence-electron chi connectivity index (χ1n) is 11.4. The number of nitrogens with zero attached hydrogens (tertiary/aromatic N) is 1. The topological polar surface area (TPSA) is 81.0 Å². The predicted molar refractivity (Wildman–Crippen MR) is 108 cm³/mol. The Morgan fingerprint density at radius 3 is 2.64 bits per heavy atom. The molecule has 0 spiro atoms. The van der Waals surface area contributed by atoms with Crippen LogP contribution in [-0.2, 0) is 4.79 Å².